The summed E-state index contributed by atoms with van der Waals surface area (Å²) < 4.78 is 10.8. The molecule has 1 rings (SSSR count). The van der Waals surface area contributed by atoms with Gasteiger partial charge in [-0.2, -0.15) is 7.05 Å². The summed E-state index contributed by atoms with van der Waals surface area (Å²) in [5, 5.41) is 1.86. The molecule has 0 aliphatic carbocycles. The minimum Gasteiger partial charge on any atom is -0.477 e. The topological polar surface area (TPSA) is 35.1 Å². The smallest absolute Gasteiger partial charge is 0.163 e. The van der Waals surface area contributed by atoms with Crippen LogP contribution >= 0.6 is 0 Å². The van der Waals surface area contributed by atoms with E-state index < -0.39 is 0 Å². The van der Waals surface area contributed by atoms with Gasteiger partial charge in [0.05, 0.1) is 13.2 Å². The number of hydrogen-bond acceptors (Lipinski definition) is 2. The molecule has 0 aromatic heterocycles. The maximum Gasteiger partial charge on any atom is 0.163 e. The van der Waals surface area contributed by atoms with Crippen molar-refractivity contribution in [3.8, 4) is 0 Å². The molecule has 1 fully saturated rings. The average molecular weight is 145 g/mol. The van der Waals surface area contributed by atoms with Crippen molar-refractivity contribution < 1.29 is 14.8 Å². The molecule has 2 N–H and O–H groups in total. The van der Waals surface area contributed by atoms with Crippen LogP contribution in [-0.2, 0) is 9.47 Å². The first-order chi connectivity index (χ1) is 4.64. The third-order valence-corrected chi connectivity index (χ3v) is 1.50. The number of nitrogens with two attached hydrogens (primary N) is 1. The molecule has 3 nitrogen and oxygen atoms in total. The van der Waals surface area contributed by atoms with E-state index in [1.54, 1.807) is 0 Å². The first-order valence-corrected chi connectivity index (χ1v) is 3.57. The van der Waals surface area contributed by atoms with Crippen LogP contribution in [0.3, 0.4) is 0 Å². The zero-order valence-electron chi connectivity index (χ0n) is 6.59. The van der Waals surface area contributed by atoms with E-state index in [0.717, 1.165) is 6.54 Å². The van der Waals surface area contributed by atoms with Crippen molar-refractivity contribution >= 4 is 0 Å². The zero-order chi connectivity index (χ0) is 7.61. The van der Waals surface area contributed by atoms with Crippen molar-refractivity contribution in [2.45, 2.75) is 25.7 Å². The molecule has 0 aromatic carbocycles. The molecule has 0 spiro atoms. The monoisotopic (exact) mass is 145 g/mol. The van der Waals surface area contributed by atoms with Crippen LogP contribution in [0.4, 0.5) is 0 Å². The lowest BCUT2D eigenvalue weighted by Crippen LogP contribution is -2.79. The Morgan fingerprint density at radius 2 is 2.40 bits per heavy atom. The Balaban J connectivity index is 2.29. The van der Waals surface area contributed by atoms with Crippen molar-refractivity contribution in [3.63, 3.8) is 0 Å². The van der Waals surface area contributed by atoms with Gasteiger partial charge < -0.3 is 14.8 Å². The van der Waals surface area contributed by atoms with E-state index in [1.807, 2.05) is 19.2 Å². The zero-order valence-corrected chi connectivity index (χ0v) is 6.59. The highest BCUT2D eigenvalue weighted by Crippen LogP contribution is 2.20. The fourth-order valence-corrected chi connectivity index (χ4v) is 1.07. The second-order valence-corrected chi connectivity index (χ2v) is 2.98. The predicted molar refractivity (Wildman–Crippen MR) is 37.1 cm³/mol. The molecular formula is C7H15NO2. The van der Waals surface area contributed by atoms with E-state index in [2.05, 4.69) is 7.05 Å². The summed E-state index contributed by atoms with van der Waals surface area (Å²) in [6.45, 7) is 5.43. The lowest BCUT2D eigenvalue weighted by Gasteiger charge is -2.16. The molecule has 10 heavy (non-hydrogen) atoms. The third kappa shape index (κ3) is 1.94. The van der Waals surface area contributed by atoms with E-state index in [0.29, 0.717) is 6.61 Å². The molecule has 1 unspecified atom stereocenters. The summed E-state index contributed by atoms with van der Waals surface area (Å²) in [6.07, 6.45) is 0.215. The van der Waals surface area contributed by atoms with Gasteiger partial charge in [0.15, 0.2) is 5.79 Å². The van der Waals surface area contributed by atoms with Gasteiger partial charge in [0.25, 0.3) is 0 Å². The standard InChI is InChI=1S/C7H15NO2/c1-7(2)9-5-6(10-7)4-8-3/h6H,3-5,8H2,1-2H3. The third-order valence-electron chi connectivity index (χ3n) is 1.50. The van der Waals surface area contributed by atoms with Crippen LogP contribution in [0, 0.1) is 7.05 Å². The number of ether oxygens (including phenoxy) is 2. The van der Waals surface area contributed by atoms with Gasteiger partial charge in [0.1, 0.15) is 6.10 Å². The SMILES string of the molecule is [CH2-][NH2+]CC1COC(C)(C)O1. The summed E-state index contributed by atoms with van der Waals surface area (Å²) >= 11 is 0. The van der Waals surface area contributed by atoms with E-state index in [-0.39, 0.29) is 11.9 Å². The molecule has 0 bridgehead atoms. The molecule has 1 heterocycles. The lowest BCUT2D eigenvalue weighted by molar-refractivity contribution is -0.603. The van der Waals surface area contributed by atoms with E-state index >= 15 is 0 Å². The second kappa shape index (κ2) is 2.86. The van der Waals surface area contributed by atoms with E-state index in [1.165, 1.54) is 0 Å². The van der Waals surface area contributed by atoms with Gasteiger partial charge in [0, 0.05) is 0 Å². The van der Waals surface area contributed by atoms with Gasteiger partial charge in [-0.25, -0.2) is 0 Å². The van der Waals surface area contributed by atoms with Crippen LogP contribution in [-0.4, -0.2) is 25.0 Å². The van der Waals surface area contributed by atoms with Gasteiger partial charge in [-0.15, -0.1) is 0 Å². The number of hydrogen-bond donors (Lipinski definition) is 1. The second-order valence-electron chi connectivity index (χ2n) is 2.98. The van der Waals surface area contributed by atoms with Gasteiger partial charge in [-0.3, -0.25) is 0 Å². The van der Waals surface area contributed by atoms with Crippen LogP contribution in [0.2, 0.25) is 0 Å². The Labute approximate surface area is 61.7 Å². The Hall–Kier alpha value is -0.120. The fraction of sp³-hybridized carbons (Fsp3) is 0.857. The molecule has 1 aliphatic rings. The first-order valence-electron chi connectivity index (χ1n) is 3.57. The van der Waals surface area contributed by atoms with Crippen molar-refractivity contribution in [2.75, 3.05) is 13.2 Å². The van der Waals surface area contributed by atoms with Gasteiger partial charge >= 0.3 is 0 Å². The Morgan fingerprint density at radius 1 is 1.70 bits per heavy atom. The summed E-state index contributed by atoms with van der Waals surface area (Å²) in [5.41, 5.74) is 0. The fourth-order valence-electron chi connectivity index (χ4n) is 1.07. The average Bonchev–Trinajstić information content (AvgIpc) is 2.12. The van der Waals surface area contributed by atoms with Crippen molar-refractivity contribution in [2.24, 2.45) is 0 Å². The summed E-state index contributed by atoms with van der Waals surface area (Å²) in [6, 6.07) is 0. The normalized spacial score (nSPS) is 30.9. The van der Waals surface area contributed by atoms with Gasteiger partial charge in [-0.1, -0.05) is 0 Å². The maximum atomic E-state index is 5.50. The van der Waals surface area contributed by atoms with Crippen LogP contribution < -0.4 is 5.32 Å². The minimum absolute atomic E-state index is 0.215. The molecule has 3 heteroatoms. The quantitative estimate of drug-likeness (QED) is 0.531. The van der Waals surface area contributed by atoms with Crippen LogP contribution in [0.1, 0.15) is 13.8 Å². The van der Waals surface area contributed by atoms with Crippen LogP contribution in [0.15, 0.2) is 0 Å². The molecule has 0 aromatic rings. The molecule has 0 saturated carbocycles. The molecule has 1 saturated heterocycles. The molecule has 1 aliphatic heterocycles. The Kier molecular flexibility index (Phi) is 2.28. The lowest BCUT2D eigenvalue weighted by atomic mass is 10.4. The Bertz CT molecular complexity index is 114. The molecular weight excluding hydrogens is 130 g/mol. The predicted octanol–water partition coefficient (Wildman–Crippen LogP) is -0.507. The summed E-state index contributed by atoms with van der Waals surface area (Å²) in [7, 11) is 3.64. The molecule has 0 amide bonds. The van der Waals surface area contributed by atoms with Gasteiger partial charge in [0.2, 0.25) is 0 Å². The highest BCUT2D eigenvalue weighted by Gasteiger charge is 2.32. The maximum absolute atomic E-state index is 5.50. The highest BCUT2D eigenvalue weighted by molar-refractivity contribution is 4.68. The largest absolute Gasteiger partial charge is 0.477 e. The highest BCUT2D eigenvalue weighted by atomic mass is 16.7. The number of rotatable bonds is 2. The first kappa shape index (κ1) is 7.98. The number of quaternary nitrogens is 1. The summed E-state index contributed by atoms with van der Waals surface area (Å²) in [5.74, 6) is -0.381. The minimum atomic E-state index is -0.381. The van der Waals surface area contributed by atoms with Crippen LogP contribution in [0.25, 0.3) is 0 Å². The van der Waals surface area contributed by atoms with Crippen molar-refractivity contribution in [1.82, 2.24) is 0 Å². The Morgan fingerprint density at radius 3 is 2.80 bits per heavy atom. The molecule has 1 atom stereocenters. The van der Waals surface area contributed by atoms with Crippen LogP contribution in [0.5, 0.6) is 0 Å². The van der Waals surface area contributed by atoms with Crippen molar-refractivity contribution in [3.05, 3.63) is 7.05 Å². The summed E-state index contributed by atoms with van der Waals surface area (Å²) in [4.78, 5) is 0. The van der Waals surface area contributed by atoms with Gasteiger partial charge in [-0.05, 0) is 13.8 Å². The van der Waals surface area contributed by atoms with Crippen molar-refractivity contribution in [1.29, 1.82) is 0 Å². The van der Waals surface area contributed by atoms with E-state index in [9.17, 15) is 0 Å². The molecule has 60 valence electrons. The molecule has 0 radical (unpaired) electrons. The van der Waals surface area contributed by atoms with E-state index in [4.69, 9.17) is 9.47 Å².